The second-order valence-corrected chi connectivity index (χ2v) is 8.10. The zero-order valence-electron chi connectivity index (χ0n) is 16.7. The summed E-state index contributed by atoms with van der Waals surface area (Å²) in [6, 6.07) is -0.931. The van der Waals surface area contributed by atoms with Crippen LogP contribution in [0.2, 0.25) is 0 Å². The van der Waals surface area contributed by atoms with E-state index in [-0.39, 0.29) is 31.1 Å². The van der Waals surface area contributed by atoms with E-state index in [0.717, 1.165) is 0 Å². The fourth-order valence-electron chi connectivity index (χ4n) is 2.82. The normalized spacial score (nSPS) is 22.0. The predicted molar refractivity (Wildman–Crippen MR) is 94.4 cm³/mol. The molecule has 0 aliphatic carbocycles. The third kappa shape index (κ3) is 5.19. The molecule has 1 saturated heterocycles. The van der Waals surface area contributed by atoms with Crippen LogP contribution < -0.4 is 5.32 Å². The van der Waals surface area contributed by atoms with Crippen molar-refractivity contribution in [2.45, 2.75) is 71.6 Å². The van der Waals surface area contributed by atoms with Gasteiger partial charge in [0.2, 0.25) is 5.91 Å². The second-order valence-electron chi connectivity index (χ2n) is 8.10. The van der Waals surface area contributed by atoms with Crippen molar-refractivity contribution in [1.29, 1.82) is 0 Å². The van der Waals surface area contributed by atoms with Crippen molar-refractivity contribution in [2.24, 2.45) is 5.92 Å². The number of nitrogens with zero attached hydrogens (tertiary/aromatic N) is 1. The van der Waals surface area contributed by atoms with Crippen LogP contribution in [0.3, 0.4) is 0 Å². The minimum Gasteiger partial charge on any atom is -0.467 e. The molecule has 0 unspecified atom stereocenters. The van der Waals surface area contributed by atoms with E-state index < -0.39 is 35.2 Å². The quantitative estimate of drug-likeness (QED) is 0.755. The predicted octanol–water partition coefficient (Wildman–Crippen LogP) is 1.66. The van der Waals surface area contributed by atoms with Gasteiger partial charge in [0.15, 0.2) is 5.78 Å². The van der Waals surface area contributed by atoms with E-state index in [1.165, 1.54) is 12.0 Å². The molecule has 26 heavy (non-hydrogen) atoms. The summed E-state index contributed by atoms with van der Waals surface area (Å²) >= 11 is 0. The molecular formula is C18H30N2O6. The number of nitrogens with one attached hydrogen (secondary N) is 1. The number of hydrogen-bond acceptors (Lipinski definition) is 6. The van der Waals surface area contributed by atoms with Crippen molar-refractivity contribution in [1.82, 2.24) is 10.2 Å². The van der Waals surface area contributed by atoms with Crippen molar-refractivity contribution in [3.63, 3.8) is 0 Å². The fourth-order valence-corrected chi connectivity index (χ4v) is 2.82. The summed E-state index contributed by atoms with van der Waals surface area (Å²) in [4.78, 5) is 50.6. The lowest BCUT2D eigenvalue weighted by atomic mass is 9.86. The number of likely N-dealkylation sites (tertiary alicyclic amines) is 1. The van der Waals surface area contributed by atoms with E-state index in [0.29, 0.717) is 0 Å². The molecule has 1 aliphatic heterocycles. The Hall–Kier alpha value is -2.12. The van der Waals surface area contributed by atoms with Crippen molar-refractivity contribution in [3.05, 3.63) is 0 Å². The average molecular weight is 370 g/mol. The van der Waals surface area contributed by atoms with E-state index in [1.54, 1.807) is 41.5 Å². The lowest BCUT2D eigenvalue weighted by Gasteiger charge is -2.43. The molecule has 2 atom stereocenters. The minimum absolute atomic E-state index is 0.139. The highest BCUT2D eigenvalue weighted by Gasteiger charge is 2.49. The first-order valence-corrected chi connectivity index (χ1v) is 8.73. The van der Waals surface area contributed by atoms with Crippen LogP contribution in [-0.2, 0) is 23.9 Å². The Bertz CT molecular complexity index is 581. The zero-order chi connectivity index (χ0) is 20.3. The molecule has 1 N–H and O–H groups in total. The number of carbonyl (C=O) groups excluding carboxylic acids is 4. The topological polar surface area (TPSA) is 102 Å². The highest BCUT2D eigenvalue weighted by molar-refractivity contribution is 5.97. The van der Waals surface area contributed by atoms with Crippen LogP contribution >= 0.6 is 0 Å². The Morgan fingerprint density at radius 1 is 1.23 bits per heavy atom. The van der Waals surface area contributed by atoms with Crippen LogP contribution in [0.5, 0.6) is 0 Å². The number of amides is 2. The summed E-state index contributed by atoms with van der Waals surface area (Å²) in [5.74, 6) is -1.50. The molecule has 1 fully saturated rings. The highest BCUT2D eigenvalue weighted by atomic mass is 16.6. The Balaban J connectivity index is 3.09. The van der Waals surface area contributed by atoms with Gasteiger partial charge in [0.25, 0.3) is 0 Å². The molecular weight excluding hydrogens is 340 g/mol. The first-order valence-electron chi connectivity index (χ1n) is 8.73. The van der Waals surface area contributed by atoms with Gasteiger partial charge in [0.1, 0.15) is 17.2 Å². The monoisotopic (exact) mass is 370 g/mol. The van der Waals surface area contributed by atoms with Crippen molar-refractivity contribution in [2.75, 3.05) is 13.7 Å². The number of piperidine rings is 1. The molecule has 2 amide bonds. The van der Waals surface area contributed by atoms with E-state index in [4.69, 9.17) is 9.47 Å². The SMILES string of the molecule is COC(=O)[C@]1(C)CCC(=O)CN1C(=O)[C@H](NC(=O)OC(C)(C)C)C(C)C. The van der Waals surface area contributed by atoms with Crippen LogP contribution in [0.25, 0.3) is 0 Å². The number of alkyl carbamates (subject to hydrolysis) is 1. The van der Waals surface area contributed by atoms with Gasteiger partial charge in [-0.05, 0) is 40.0 Å². The molecule has 0 spiro atoms. The van der Waals surface area contributed by atoms with Gasteiger partial charge in [0, 0.05) is 6.42 Å². The molecule has 0 bridgehead atoms. The van der Waals surface area contributed by atoms with E-state index >= 15 is 0 Å². The lowest BCUT2D eigenvalue weighted by Crippen LogP contribution is -2.64. The molecule has 0 saturated carbocycles. The Kier molecular flexibility index (Phi) is 6.79. The molecule has 148 valence electrons. The van der Waals surface area contributed by atoms with Crippen LogP contribution in [0.15, 0.2) is 0 Å². The molecule has 0 aromatic rings. The maximum absolute atomic E-state index is 13.1. The Labute approximate surface area is 154 Å². The molecule has 0 radical (unpaired) electrons. The van der Waals surface area contributed by atoms with Crippen LogP contribution in [0.4, 0.5) is 4.79 Å². The lowest BCUT2D eigenvalue weighted by molar-refractivity contribution is -0.166. The maximum atomic E-state index is 13.1. The Morgan fingerprint density at radius 2 is 1.81 bits per heavy atom. The number of rotatable bonds is 4. The van der Waals surface area contributed by atoms with E-state index in [1.807, 2.05) is 0 Å². The molecule has 0 aromatic heterocycles. The summed E-state index contributed by atoms with van der Waals surface area (Å²) in [5.41, 5.74) is -1.96. The summed E-state index contributed by atoms with van der Waals surface area (Å²) < 4.78 is 10.1. The Morgan fingerprint density at radius 3 is 2.27 bits per heavy atom. The van der Waals surface area contributed by atoms with Gasteiger partial charge in [-0.2, -0.15) is 0 Å². The van der Waals surface area contributed by atoms with E-state index in [2.05, 4.69) is 5.32 Å². The average Bonchev–Trinajstić information content (AvgIpc) is 2.51. The number of ketones is 1. The number of Topliss-reactive ketones (excluding diaryl/α,β-unsaturated/α-hetero) is 1. The summed E-state index contributed by atoms with van der Waals surface area (Å²) in [7, 11) is 1.24. The molecule has 8 heteroatoms. The van der Waals surface area contributed by atoms with Gasteiger partial charge >= 0.3 is 12.1 Å². The molecule has 8 nitrogen and oxygen atoms in total. The van der Waals surface area contributed by atoms with Gasteiger partial charge in [-0.3, -0.25) is 9.59 Å². The van der Waals surface area contributed by atoms with Crippen LogP contribution in [-0.4, -0.2) is 59.5 Å². The second kappa shape index (κ2) is 8.05. The van der Waals surface area contributed by atoms with Crippen molar-refractivity contribution in [3.8, 4) is 0 Å². The van der Waals surface area contributed by atoms with Crippen LogP contribution in [0.1, 0.15) is 54.4 Å². The summed E-state index contributed by atoms with van der Waals surface area (Å²) in [6.45, 7) is 10.1. The number of ether oxygens (including phenoxy) is 2. The van der Waals surface area contributed by atoms with Crippen molar-refractivity contribution >= 4 is 23.8 Å². The van der Waals surface area contributed by atoms with Crippen LogP contribution in [0, 0.1) is 5.92 Å². The largest absolute Gasteiger partial charge is 0.467 e. The van der Waals surface area contributed by atoms with Gasteiger partial charge in [0.05, 0.1) is 13.7 Å². The summed E-state index contributed by atoms with van der Waals surface area (Å²) in [6.07, 6.45) is -0.351. The standard InChI is InChI=1S/C18H30N2O6/c1-11(2)13(19-16(24)26-17(3,4)5)14(22)20-10-12(21)8-9-18(20,6)15(23)25-7/h11,13H,8-10H2,1-7H3,(H,19,24)/t13-,18+/m1/s1. The molecule has 1 aliphatic rings. The van der Waals surface area contributed by atoms with Gasteiger partial charge < -0.3 is 19.7 Å². The van der Waals surface area contributed by atoms with Gasteiger partial charge in [-0.15, -0.1) is 0 Å². The number of carbonyl (C=O) groups is 4. The highest BCUT2D eigenvalue weighted by Crippen LogP contribution is 2.29. The number of esters is 1. The fraction of sp³-hybridized carbons (Fsp3) is 0.778. The van der Waals surface area contributed by atoms with Gasteiger partial charge in [-0.25, -0.2) is 9.59 Å². The first-order chi connectivity index (χ1) is 11.8. The smallest absolute Gasteiger partial charge is 0.408 e. The number of hydrogen-bond donors (Lipinski definition) is 1. The summed E-state index contributed by atoms with van der Waals surface area (Å²) in [5, 5.41) is 2.56. The third-order valence-electron chi connectivity index (χ3n) is 4.32. The maximum Gasteiger partial charge on any atom is 0.408 e. The van der Waals surface area contributed by atoms with Crippen molar-refractivity contribution < 1.29 is 28.7 Å². The third-order valence-corrected chi connectivity index (χ3v) is 4.32. The molecule has 1 heterocycles. The first kappa shape index (κ1) is 21.9. The zero-order valence-corrected chi connectivity index (χ0v) is 16.7. The van der Waals surface area contributed by atoms with Gasteiger partial charge in [-0.1, -0.05) is 13.8 Å². The minimum atomic E-state index is -1.25. The number of methoxy groups -OCH3 is 1. The molecule has 0 aromatic carbocycles. The molecule has 1 rings (SSSR count). The van der Waals surface area contributed by atoms with E-state index in [9.17, 15) is 19.2 Å².